The third-order valence-electron chi connectivity index (χ3n) is 11.4. The maximum Gasteiger partial charge on any atom is 0.169 e. The summed E-state index contributed by atoms with van der Waals surface area (Å²) in [4.78, 5) is 0. The fourth-order valence-corrected chi connectivity index (χ4v) is 9.58. The maximum absolute atomic E-state index is 2.75. The Labute approximate surface area is 227 Å². The Kier molecular flexibility index (Phi) is 8.27. The Morgan fingerprint density at radius 2 is 1.68 bits per heavy atom. The van der Waals surface area contributed by atoms with Crippen LogP contribution in [0.25, 0.3) is 0 Å². The van der Waals surface area contributed by atoms with Gasteiger partial charge in [-0.2, -0.15) is 0 Å². The molecule has 1 aromatic heterocycles. The van der Waals surface area contributed by atoms with Gasteiger partial charge in [0.15, 0.2) is 18.4 Å². The molecule has 190 valence electrons. The van der Waals surface area contributed by atoms with Crippen LogP contribution in [0.4, 0.5) is 0 Å². The largest absolute Gasteiger partial charge is 1.00 e. The predicted molar refractivity (Wildman–Crippen MR) is 139 cm³/mol. The van der Waals surface area contributed by atoms with E-state index in [0.717, 1.165) is 35.5 Å². The van der Waals surface area contributed by atoms with Crippen LogP contribution in [0.15, 0.2) is 42.2 Å². The molecule has 2 heteroatoms. The predicted octanol–water partition coefficient (Wildman–Crippen LogP) is 5.56. The minimum absolute atomic E-state index is 0. The van der Waals surface area contributed by atoms with Crippen LogP contribution in [-0.2, 0) is 0 Å². The van der Waals surface area contributed by atoms with E-state index in [9.17, 15) is 0 Å². The topological polar surface area (TPSA) is 3.88 Å². The van der Waals surface area contributed by atoms with Crippen molar-refractivity contribution in [2.45, 2.75) is 111 Å². The van der Waals surface area contributed by atoms with Crippen LogP contribution in [0.2, 0.25) is 0 Å². The second-order valence-corrected chi connectivity index (χ2v) is 13.5. The van der Waals surface area contributed by atoms with Gasteiger partial charge in [0.1, 0.15) is 0 Å². The Bertz CT molecular complexity index is 846. The van der Waals surface area contributed by atoms with E-state index >= 15 is 0 Å². The maximum atomic E-state index is 2.75. The van der Waals surface area contributed by atoms with Gasteiger partial charge in [0.25, 0.3) is 0 Å². The van der Waals surface area contributed by atoms with Gasteiger partial charge in [-0.25, -0.2) is 4.57 Å². The van der Waals surface area contributed by atoms with E-state index in [1.165, 1.54) is 70.6 Å². The van der Waals surface area contributed by atoms with Gasteiger partial charge in [0.2, 0.25) is 0 Å². The molecule has 4 aliphatic carbocycles. The van der Waals surface area contributed by atoms with Gasteiger partial charge in [-0.1, -0.05) is 71.6 Å². The molecule has 34 heavy (non-hydrogen) atoms. The molecule has 3 saturated carbocycles. The minimum atomic E-state index is 0. The molecule has 8 atom stereocenters. The number of fused-ring (bicyclic) bond motifs is 5. The lowest BCUT2D eigenvalue weighted by molar-refractivity contribution is -0.725. The van der Waals surface area contributed by atoms with Crippen LogP contribution >= 0.6 is 0 Å². The summed E-state index contributed by atoms with van der Waals surface area (Å²) in [7, 11) is 0. The van der Waals surface area contributed by atoms with Crippen molar-refractivity contribution < 1.29 is 28.5 Å². The standard InChI is InChI=1S/C32H50N.HI/c1-23(2)10-9-11-24(3)28-14-15-29-27-13-12-25-22-26(33-20-7-6-8-21-33)16-18-31(25,4)30(27)17-19-32(28,29)5;/h6-8,12,20-21,23-24,26-30H,9-11,13-19,22H2,1-5H3;1H/q+1;/p-1/t24-,26+,27+,28-,29+,30+,31+,32-;/m1./s1. The molecule has 1 nitrogen and oxygen atoms in total. The van der Waals surface area contributed by atoms with Crippen LogP contribution in [0.5, 0.6) is 0 Å². The lowest BCUT2D eigenvalue weighted by Gasteiger charge is -2.58. The van der Waals surface area contributed by atoms with Crippen molar-refractivity contribution in [3.05, 3.63) is 42.2 Å². The molecule has 0 N–H and O–H groups in total. The minimum Gasteiger partial charge on any atom is -1.00 e. The van der Waals surface area contributed by atoms with E-state index < -0.39 is 0 Å². The molecular formula is C32H50IN. The summed E-state index contributed by atoms with van der Waals surface area (Å²) in [5, 5.41) is 0. The third-order valence-corrected chi connectivity index (χ3v) is 11.4. The fourth-order valence-electron chi connectivity index (χ4n) is 9.58. The molecule has 1 aromatic rings. The summed E-state index contributed by atoms with van der Waals surface area (Å²) in [6, 6.07) is 7.20. The van der Waals surface area contributed by atoms with Crippen molar-refractivity contribution in [3.8, 4) is 0 Å². The van der Waals surface area contributed by atoms with E-state index in [-0.39, 0.29) is 24.0 Å². The summed E-state index contributed by atoms with van der Waals surface area (Å²) in [5.74, 6) is 5.61. The monoisotopic (exact) mass is 575 g/mol. The lowest BCUT2D eigenvalue weighted by atomic mass is 9.47. The molecule has 0 amide bonds. The first-order chi connectivity index (χ1) is 15.8. The van der Waals surface area contributed by atoms with Crippen LogP contribution in [0.3, 0.4) is 0 Å². The van der Waals surface area contributed by atoms with Crippen molar-refractivity contribution in [2.24, 2.45) is 46.3 Å². The number of nitrogens with zero attached hydrogens (tertiary/aromatic N) is 1. The highest BCUT2D eigenvalue weighted by atomic mass is 127. The van der Waals surface area contributed by atoms with E-state index in [0.29, 0.717) is 16.9 Å². The molecule has 3 fully saturated rings. The van der Waals surface area contributed by atoms with Crippen LogP contribution < -0.4 is 28.5 Å². The van der Waals surface area contributed by atoms with Gasteiger partial charge in [0, 0.05) is 25.0 Å². The van der Waals surface area contributed by atoms with Gasteiger partial charge in [-0.05, 0) is 84.9 Å². The number of pyridine rings is 1. The van der Waals surface area contributed by atoms with Crippen molar-refractivity contribution in [1.29, 1.82) is 0 Å². The van der Waals surface area contributed by atoms with Crippen LogP contribution in [0, 0.1) is 46.3 Å². The first kappa shape index (κ1) is 26.7. The summed E-state index contributed by atoms with van der Waals surface area (Å²) >= 11 is 0. The van der Waals surface area contributed by atoms with Crippen molar-refractivity contribution >= 4 is 0 Å². The van der Waals surface area contributed by atoms with E-state index in [1.54, 1.807) is 0 Å². The second-order valence-electron chi connectivity index (χ2n) is 13.5. The van der Waals surface area contributed by atoms with Gasteiger partial charge in [0.05, 0.1) is 0 Å². The Morgan fingerprint density at radius 1 is 0.912 bits per heavy atom. The highest BCUT2D eigenvalue weighted by Gasteiger charge is 2.59. The Balaban J connectivity index is 0.00000274. The number of hydrogen-bond donors (Lipinski definition) is 0. The SMILES string of the molecule is CC(C)CCC[C@@H](C)[C@H]1CC[C@H]2[C@@H]3CC=C4C[C@@H]([n+]5ccccc5)CC[C@]4(C)[C@H]3CC[C@]12C.[I-]. The van der Waals surface area contributed by atoms with Gasteiger partial charge in [-0.3, -0.25) is 0 Å². The zero-order valence-corrected chi connectivity index (χ0v) is 24.8. The average molecular weight is 576 g/mol. The molecule has 0 aliphatic heterocycles. The molecule has 0 radical (unpaired) electrons. The van der Waals surface area contributed by atoms with E-state index in [1.807, 2.05) is 5.57 Å². The summed E-state index contributed by atoms with van der Waals surface area (Å²) < 4.78 is 2.48. The zero-order valence-electron chi connectivity index (χ0n) is 22.6. The molecule has 0 unspecified atom stereocenters. The summed E-state index contributed by atoms with van der Waals surface area (Å²) in [5.41, 5.74) is 2.89. The quantitative estimate of drug-likeness (QED) is 0.238. The lowest BCUT2D eigenvalue weighted by Crippen LogP contribution is -3.00. The highest BCUT2D eigenvalue weighted by Crippen LogP contribution is 2.67. The molecule has 0 bridgehead atoms. The molecule has 4 aliphatic rings. The van der Waals surface area contributed by atoms with Crippen molar-refractivity contribution in [3.63, 3.8) is 0 Å². The Hall–Kier alpha value is -0.380. The normalized spacial score (nSPS) is 39.9. The summed E-state index contributed by atoms with van der Waals surface area (Å²) in [6.45, 7) is 12.8. The van der Waals surface area contributed by atoms with E-state index in [4.69, 9.17) is 0 Å². The first-order valence-corrected chi connectivity index (χ1v) is 14.5. The molecule has 0 aromatic carbocycles. The van der Waals surface area contributed by atoms with Crippen molar-refractivity contribution in [2.75, 3.05) is 0 Å². The average Bonchev–Trinajstić information content (AvgIpc) is 3.16. The number of halogens is 1. The highest BCUT2D eigenvalue weighted by molar-refractivity contribution is 5.25. The zero-order chi connectivity index (χ0) is 23.2. The number of aromatic nitrogens is 1. The fraction of sp³-hybridized carbons (Fsp3) is 0.781. The molecule has 0 spiro atoms. The third kappa shape index (κ3) is 4.68. The Morgan fingerprint density at radius 3 is 2.41 bits per heavy atom. The van der Waals surface area contributed by atoms with Crippen LogP contribution in [-0.4, -0.2) is 0 Å². The molecule has 5 rings (SSSR count). The second kappa shape index (κ2) is 10.5. The first-order valence-electron chi connectivity index (χ1n) is 14.5. The van der Waals surface area contributed by atoms with Crippen LogP contribution in [0.1, 0.15) is 111 Å². The van der Waals surface area contributed by atoms with Crippen molar-refractivity contribution in [1.82, 2.24) is 0 Å². The molecule has 0 saturated heterocycles. The smallest absolute Gasteiger partial charge is 0.169 e. The molecular weight excluding hydrogens is 525 g/mol. The number of rotatable bonds is 6. The van der Waals surface area contributed by atoms with Gasteiger partial charge < -0.3 is 24.0 Å². The van der Waals surface area contributed by atoms with Gasteiger partial charge >= 0.3 is 0 Å². The van der Waals surface area contributed by atoms with Gasteiger partial charge in [-0.15, -0.1) is 0 Å². The summed E-state index contributed by atoms with van der Waals surface area (Å²) in [6.07, 6.45) is 23.0. The molecule has 1 heterocycles. The number of allylic oxidation sites excluding steroid dienone is 2. The number of hydrogen-bond acceptors (Lipinski definition) is 0. The van der Waals surface area contributed by atoms with E-state index in [2.05, 4.69) is 75.9 Å².